The van der Waals surface area contributed by atoms with E-state index >= 15 is 0 Å². The fourth-order valence-electron chi connectivity index (χ4n) is 4.34. The number of halogens is 1. The van der Waals surface area contributed by atoms with Crippen molar-refractivity contribution in [2.24, 2.45) is 0 Å². The summed E-state index contributed by atoms with van der Waals surface area (Å²) in [6, 6.07) is 9.13. The van der Waals surface area contributed by atoms with Crippen molar-refractivity contribution in [2.75, 3.05) is 6.61 Å². The van der Waals surface area contributed by atoms with E-state index in [0.717, 1.165) is 11.1 Å². The molecule has 33 heavy (non-hydrogen) atoms. The molecule has 0 aliphatic carbocycles. The molecule has 8 nitrogen and oxygen atoms in total. The Morgan fingerprint density at radius 3 is 2.88 bits per heavy atom. The summed E-state index contributed by atoms with van der Waals surface area (Å²) in [4.78, 5) is 50.4. The lowest BCUT2D eigenvalue weighted by Gasteiger charge is -2.29. The largest absolute Gasteiger partial charge is 0.485 e. The lowest BCUT2D eigenvalue weighted by molar-refractivity contribution is -0.137. The first kappa shape index (κ1) is 20.9. The number of hydrogen-bond acceptors (Lipinski definition) is 5. The molecular formula is C24H20FN3O5. The van der Waals surface area contributed by atoms with Gasteiger partial charge in [-0.3, -0.25) is 24.5 Å². The van der Waals surface area contributed by atoms with E-state index < -0.39 is 17.8 Å². The Labute approximate surface area is 188 Å². The van der Waals surface area contributed by atoms with E-state index in [1.807, 2.05) is 6.07 Å². The van der Waals surface area contributed by atoms with Gasteiger partial charge in [-0.2, -0.15) is 0 Å². The van der Waals surface area contributed by atoms with Gasteiger partial charge in [0.1, 0.15) is 12.6 Å². The summed E-state index contributed by atoms with van der Waals surface area (Å²) in [7, 11) is 0. The number of amides is 4. The van der Waals surface area contributed by atoms with Crippen LogP contribution in [0.5, 0.6) is 5.75 Å². The number of fused-ring (bicyclic) bond motifs is 2. The second-order valence-electron chi connectivity index (χ2n) is 8.19. The molecule has 1 saturated heterocycles. The molecular weight excluding hydrogens is 429 g/mol. The second-order valence-corrected chi connectivity index (χ2v) is 8.19. The van der Waals surface area contributed by atoms with E-state index in [1.54, 1.807) is 30.3 Å². The van der Waals surface area contributed by atoms with Crippen molar-refractivity contribution in [3.63, 3.8) is 0 Å². The fraction of sp³-hybridized carbons (Fsp3) is 0.250. The summed E-state index contributed by atoms with van der Waals surface area (Å²) >= 11 is 0. The number of imide groups is 1. The third-order valence-corrected chi connectivity index (χ3v) is 6.03. The van der Waals surface area contributed by atoms with Gasteiger partial charge in [0.2, 0.25) is 11.8 Å². The molecule has 2 aromatic rings. The van der Waals surface area contributed by atoms with Crippen LogP contribution in [0.25, 0.3) is 6.08 Å². The number of rotatable bonds is 4. The minimum Gasteiger partial charge on any atom is -0.485 e. The molecule has 4 amide bonds. The van der Waals surface area contributed by atoms with Crippen LogP contribution < -0.4 is 15.4 Å². The van der Waals surface area contributed by atoms with E-state index in [1.165, 1.54) is 11.0 Å². The number of ether oxygens (including phenoxy) is 1. The van der Waals surface area contributed by atoms with Gasteiger partial charge in [0, 0.05) is 30.6 Å². The molecule has 0 aromatic heterocycles. The quantitative estimate of drug-likeness (QED) is 0.692. The zero-order valence-electron chi connectivity index (χ0n) is 17.5. The van der Waals surface area contributed by atoms with Crippen molar-refractivity contribution in [1.29, 1.82) is 0 Å². The zero-order valence-corrected chi connectivity index (χ0v) is 17.5. The van der Waals surface area contributed by atoms with Crippen LogP contribution in [0.4, 0.5) is 4.39 Å². The Balaban J connectivity index is 1.25. The highest BCUT2D eigenvalue weighted by atomic mass is 19.1. The maximum Gasteiger partial charge on any atom is 0.255 e. The SMILES string of the molecule is O=C1CCC(N2Cc3cc(CNC(=O)C4=Cc5cccc(F)c5OC4)ccc3C2=O)C(=O)N1. The third kappa shape index (κ3) is 3.86. The standard InChI is InChI=1S/C24H20FN3O5/c25-18-3-1-2-14-9-16(12-33-21(14)18)22(30)26-10-13-4-5-17-15(8-13)11-28(24(17)32)19-6-7-20(29)27-23(19)31/h1-5,8-9,19H,6-7,10-12H2,(H,26,30)(H,27,29,31). The van der Waals surface area contributed by atoms with Gasteiger partial charge in [0.05, 0.1) is 5.57 Å². The maximum atomic E-state index is 13.8. The molecule has 1 atom stereocenters. The number of carbonyl (C=O) groups excluding carboxylic acids is 4. The molecule has 0 saturated carbocycles. The maximum absolute atomic E-state index is 13.8. The van der Waals surface area contributed by atoms with Gasteiger partial charge in [-0.15, -0.1) is 0 Å². The number of piperidine rings is 1. The van der Waals surface area contributed by atoms with Crippen LogP contribution in [-0.4, -0.2) is 41.2 Å². The summed E-state index contributed by atoms with van der Waals surface area (Å²) in [6.07, 6.45) is 2.11. The van der Waals surface area contributed by atoms with Crippen LogP contribution in [0, 0.1) is 5.82 Å². The van der Waals surface area contributed by atoms with Gasteiger partial charge in [0.15, 0.2) is 11.6 Å². The lowest BCUT2D eigenvalue weighted by Crippen LogP contribution is -2.52. The Hall–Kier alpha value is -4.01. The zero-order chi connectivity index (χ0) is 23.1. The lowest BCUT2D eigenvalue weighted by atomic mass is 10.0. The molecule has 3 aliphatic heterocycles. The molecule has 3 heterocycles. The Kier molecular flexibility index (Phi) is 5.16. The van der Waals surface area contributed by atoms with E-state index in [2.05, 4.69) is 10.6 Å². The smallest absolute Gasteiger partial charge is 0.255 e. The first-order valence-corrected chi connectivity index (χ1v) is 10.6. The number of carbonyl (C=O) groups is 4. The molecule has 2 N–H and O–H groups in total. The first-order valence-electron chi connectivity index (χ1n) is 10.6. The van der Waals surface area contributed by atoms with E-state index in [9.17, 15) is 23.6 Å². The number of nitrogens with zero attached hydrogens (tertiary/aromatic N) is 1. The summed E-state index contributed by atoms with van der Waals surface area (Å²) in [6.45, 7) is 0.467. The Morgan fingerprint density at radius 1 is 1.21 bits per heavy atom. The average molecular weight is 449 g/mol. The molecule has 0 bridgehead atoms. The number of benzene rings is 2. The number of hydrogen-bond donors (Lipinski definition) is 2. The van der Waals surface area contributed by atoms with Crippen LogP contribution in [0.3, 0.4) is 0 Å². The predicted octanol–water partition coefficient (Wildman–Crippen LogP) is 1.68. The minimum absolute atomic E-state index is 0.0284. The van der Waals surface area contributed by atoms with Crippen molar-refractivity contribution in [3.8, 4) is 5.75 Å². The van der Waals surface area contributed by atoms with Gasteiger partial charge >= 0.3 is 0 Å². The van der Waals surface area contributed by atoms with Gasteiger partial charge < -0.3 is 15.0 Å². The van der Waals surface area contributed by atoms with E-state index in [0.29, 0.717) is 23.1 Å². The second kappa shape index (κ2) is 8.16. The Bertz CT molecular complexity index is 1240. The van der Waals surface area contributed by atoms with Crippen molar-refractivity contribution >= 4 is 29.7 Å². The number of nitrogens with one attached hydrogen (secondary N) is 2. The molecule has 5 rings (SSSR count). The van der Waals surface area contributed by atoms with Crippen molar-refractivity contribution in [2.45, 2.75) is 32.0 Å². The third-order valence-electron chi connectivity index (χ3n) is 6.03. The van der Waals surface area contributed by atoms with Gasteiger partial charge in [-0.25, -0.2) is 4.39 Å². The van der Waals surface area contributed by atoms with Crippen molar-refractivity contribution < 1.29 is 28.3 Å². The van der Waals surface area contributed by atoms with E-state index in [4.69, 9.17) is 4.74 Å². The Morgan fingerprint density at radius 2 is 2.06 bits per heavy atom. The first-order chi connectivity index (χ1) is 15.9. The molecule has 1 fully saturated rings. The average Bonchev–Trinajstić information content (AvgIpc) is 3.13. The summed E-state index contributed by atoms with van der Waals surface area (Å²) < 4.78 is 19.2. The van der Waals surface area contributed by atoms with Crippen molar-refractivity contribution in [3.05, 3.63) is 70.0 Å². The highest BCUT2D eigenvalue weighted by molar-refractivity contribution is 6.05. The molecule has 0 radical (unpaired) electrons. The van der Waals surface area contributed by atoms with Crippen LogP contribution in [0.15, 0.2) is 42.0 Å². The predicted molar refractivity (Wildman–Crippen MR) is 114 cm³/mol. The highest BCUT2D eigenvalue weighted by Gasteiger charge is 2.39. The van der Waals surface area contributed by atoms with Crippen LogP contribution in [0.1, 0.15) is 39.9 Å². The monoisotopic (exact) mass is 449 g/mol. The summed E-state index contributed by atoms with van der Waals surface area (Å²) in [5, 5.41) is 5.10. The fourth-order valence-corrected chi connectivity index (χ4v) is 4.34. The normalized spacial score (nSPS) is 19.3. The minimum atomic E-state index is -0.670. The molecule has 9 heteroatoms. The number of para-hydroxylation sites is 1. The topological polar surface area (TPSA) is 105 Å². The van der Waals surface area contributed by atoms with Crippen LogP contribution in [0.2, 0.25) is 0 Å². The molecule has 2 aromatic carbocycles. The van der Waals surface area contributed by atoms with Gasteiger partial charge in [-0.05, 0) is 35.8 Å². The molecule has 1 unspecified atom stereocenters. The van der Waals surface area contributed by atoms with Crippen molar-refractivity contribution in [1.82, 2.24) is 15.5 Å². The van der Waals surface area contributed by atoms with Gasteiger partial charge in [0.25, 0.3) is 11.8 Å². The highest BCUT2D eigenvalue weighted by Crippen LogP contribution is 2.30. The summed E-state index contributed by atoms with van der Waals surface area (Å²) in [5.41, 5.74) is 2.96. The van der Waals surface area contributed by atoms with E-state index in [-0.39, 0.29) is 49.6 Å². The molecule has 0 spiro atoms. The van der Waals surface area contributed by atoms with Crippen LogP contribution >= 0.6 is 0 Å². The molecule has 168 valence electrons. The summed E-state index contributed by atoms with van der Waals surface area (Å²) in [5.74, 6) is -1.69. The van der Waals surface area contributed by atoms with Crippen LogP contribution in [-0.2, 0) is 27.5 Å². The molecule has 3 aliphatic rings. The van der Waals surface area contributed by atoms with Gasteiger partial charge in [-0.1, -0.05) is 24.3 Å².